The minimum Gasteiger partial charge on any atom is -0.468 e. The van der Waals surface area contributed by atoms with Crippen LogP contribution < -0.4 is 0 Å². The summed E-state index contributed by atoms with van der Waals surface area (Å²) in [6, 6.07) is 0. The van der Waals surface area contributed by atoms with Crippen molar-refractivity contribution < 1.29 is 28.6 Å². The molecule has 0 aromatic rings. The Morgan fingerprint density at radius 2 is 1.64 bits per heavy atom. The lowest BCUT2D eigenvalue weighted by Crippen LogP contribution is -2.28. The first kappa shape index (κ1) is 26.1. The summed E-state index contributed by atoms with van der Waals surface area (Å²) in [5.74, 6) is -2.48. The zero-order valence-corrected chi connectivity index (χ0v) is 18.0. The third-order valence-corrected chi connectivity index (χ3v) is 4.43. The van der Waals surface area contributed by atoms with Crippen LogP contribution in [-0.2, 0) is 28.6 Å². The molecule has 0 amide bonds. The van der Waals surface area contributed by atoms with Crippen molar-refractivity contribution in [2.75, 3.05) is 27.2 Å². The van der Waals surface area contributed by atoms with Crippen molar-refractivity contribution in [2.45, 2.75) is 39.2 Å². The lowest BCUT2D eigenvalue weighted by molar-refractivity contribution is -0.160. The molecule has 0 aromatic heterocycles. The number of esters is 2. The maximum Gasteiger partial charge on any atom is 0.320 e. The number of alkyl halides is 1. The van der Waals surface area contributed by atoms with Crippen LogP contribution in [0.4, 0.5) is 0 Å². The van der Waals surface area contributed by atoms with E-state index in [2.05, 4.69) is 16.4 Å². The monoisotopic (exact) mass is 414 g/mol. The first-order valence-electron chi connectivity index (χ1n) is 9.08. The van der Waals surface area contributed by atoms with E-state index >= 15 is 0 Å². The zero-order chi connectivity index (χ0) is 21.5. The van der Waals surface area contributed by atoms with Gasteiger partial charge in [0, 0.05) is 25.3 Å². The Balaban J connectivity index is 4.78. The summed E-state index contributed by atoms with van der Waals surface area (Å²) in [6.45, 7) is 3.89. The van der Waals surface area contributed by atoms with Gasteiger partial charge < -0.3 is 14.2 Å². The fraction of sp³-hybridized carbons (Fsp3) is 0.571. The van der Waals surface area contributed by atoms with Gasteiger partial charge in [-0.1, -0.05) is 36.8 Å². The lowest BCUT2D eigenvalue weighted by Gasteiger charge is -2.20. The van der Waals surface area contributed by atoms with Crippen molar-refractivity contribution in [3.8, 4) is 0 Å². The maximum atomic E-state index is 12.2. The number of ether oxygens (including phenoxy) is 3. The number of halogens is 1. The van der Waals surface area contributed by atoms with E-state index in [1.807, 2.05) is 31.2 Å². The summed E-state index contributed by atoms with van der Waals surface area (Å²) < 4.78 is 14.7. The summed E-state index contributed by atoms with van der Waals surface area (Å²) in [6.07, 6.45) is 10.3. The molecule has 0 heterocycles. The predicted octanol–water partition coefficient (Wildman–Crippen LogP) is 3.64. The quantitative estimate of drug-likeness (QED) is 0.150. The normalized spacial score (nSPS) is 14.5. The number of allylic oxidation sites excluding steroid dienone is 5. The number of hydrogen-bond acceptors (Lipinski definition) is 6. The molecule has 0 saturated carbocycles. The molecule has 0 aliphatic carbocycles. The smallest absolute Gasteiger partial charge is 0.320 e. The van der Waals surface area contributed by atoms with Crippen molar-refractivity contribution in [1.82, 2.24) is 0 Å². The summed E-state index contributed by atoms with van der Waals surface area (Å²) in [7, 11) is 3.98. The molecule has 0 aromatic carbocycles. The largest absolute Gasteiger partial charge is 0.468 e. The van der Waals surface area contributed by atoms with E-state index in [9.17, 15) is 14.4 Å². The molecular formula is C21H31ClO6. The van der Waals surface area contributed by atoms with Gasteiger partial charge in [0.15, 0.2) is 11.7 Å². The van der Waals surface area contributed by atoms with Crippen LogP contribution in [0.2, 0.25) is 0 Å². The number of carbonyl (C=O) groups is 3. The molecule has 0 aliphatic heterocycles. The van der Waals surface area contributed by atoms with E-state index in [1.165, 1.54) is 6.08 Å². The van der Waals surface area contributed by atoms with E-state index in [1.54, 1.807) is 7.11 Å². The first-order chi connectivity index (χ1) is 13.3. The lowest BCUT2D eigenvalue weighted by atomic mass is 9.96. The summed E-state index contributed by atoms with van der Waals surface area (Å²) >= 11 is 5.58. The Bertz CT molecular complexity index is 578. The number of methoxy groups -OCH3 is 3. The third kappa shape index (κ3) is 10.4. The van der Waals surface area contributed by atoms with Crippen molar-refractivity contribution in [2.24, 2.45) is 11.8 Å². The topological polar surface area (TPSA) is 78.9 Å². The van der Waals surface area contributed by atoms with Crippen LogP contribution in [0.25, 0.3) is 0 Å². The van der Waals surface area contributed by atoms with Crippen LogP contribution >= 0.6 is 11.6 Å². The fourth-order valence-corrected chi connectivity index (χ4v) is 2.72. The van der Waals surface area contributed by atoms with E-state index < -0.39 is 17.9 Å². The van der Waals surface area contributed by atoms with Gasteiger partial charge in [-0.05, 0) is 25.8 Å². The van der Waals surface area contributed by atoms with E-state index in [0.717, 1.165) is 26.2 Å². The molecular weight excluding hydrogens is 384 g/mol. The Morgan fingerprint density at radius 3 is 2.14 bits per heavy atom. The second-order valence-electron chi connectivity index (χ2n) is 6.40. The van der Waals surface area contributed by atoms with Crippen molar-refractivity contribution in [3.63, 3.8) is 0 Å². The minimum atomic E-state index is -1.25. The van der Waals surface area contributed by atoms with Crippen LogP contribution in [-0.4, -0.2) is 51.0 Å². The van der Waals surface area contributed by atoms with Crippen LogP contribution in [0.1, 0.15) is 33.1 Å². The van der Waals surface area contributed by atoms with Gasteiger partial charge in [-0.3, -0.25) is 14.4 Å². The summed E-state index contributed by atoms with van der Waals surface area (Å²) in [4.78, 5) is 35.5. The average Bonchev–Trinajstić information content (AvgIpc) is 2.68. The van der Waals surface area contributed by atoms with Crippen LogP contribution in [0.15, 0.2) is 36.0 Å². The minimum absolute atomic E-state index is 0.00279. The highest BCUT2D eigenvalue weighted by Gasteiger charge is 2.30. The first-order valence-corrected chi connectivity index (χ1v) is 9.61. The Hall–Kier alpha value is -1.92. The highest BCUT2D eigenvalue weighted by atomic mass is 35.5. The zero-order valence-electron chi connectivity index (χ0n) is 17.3. The number of carbonyl (C=O) groups excluding carboxylic acids is 3. The molecule has 7 heteroatoms. The van der Waals surface area contributed by atoms with E-state index in [-0.39, 0.29) is 24.2 Å². The second kappa shape index (κ2) is 15.1. The predicted molar refractivity (Wildman–Crippen MR) is 109 cm³/mol. The highest BCUT2D eigenvalue weighted by Crippen LogP contribution is 2.18. The number of hydrogen-bond donors (Lipinski definition) is 0. The SMILES string of the molecule is COC(=O)C(CC(=O)/C=C(/C)CC[C@H](OC)[C@@H](C)/C=C/C=C/CCl)C(=O)OC. The Labute approximate surface area is 172 Å². The van der Waals surface area contributed by atoms with Gasteiger partial charge in [0.05, 0.1) is 20.3 Å². The van der Waals surface area contributed by atoms with Crippen molar-refractivity contribution in [3.05, 3.63) is 36.0 Å². The third-order valence-electron chi connectivity index (χ3n) is 4.25. The van der Waals surface area contributed by atoms with Crippen LogP contribution in [0.3, 0.4) is 0 Å². The van der Waals surface area contributed by atoms with Gasteiger partial charge in [-0.25, -0.2) is 0 Å². The molecule has 0 radical (unpaired) electrons. The summed E-state index contributed by atoms with van der Waals surface area (Å²) in [5.41, 5.74) is 0.846. The molecule has 28 heavy (non-hydrogen) atoms. The molecule has 0 aliphatic rings. The van der Waals surface area contributed by atoms with Crippen molar-refractivity contribution in [1.29, 1.82) is 0 Å². The van der Waals surface area contributed by atoms with Gasteiger partial charge in [0.25, 0.3) is 0 Å². The highest BCUT2D eigenvalue weighted by molar-refractivity contribution is 6.18. The van der Waals surface area contributed by atoms with Gasteiger partial charge >= 0.3 is 11.9 Å². The summed E-state index contributed by atoms with van der Waals surface area (Å²) in [5, 5.41) is 0. The van der Waals surface area contributed by atoms with E-state index in [4.69, 9.17) is 16.3 Å². The molecule has 0 unspecified atom stereocenters. The Morgan fingerprint density at radius 1 is 1.04 bits per heavy atom. The number of rotatable bonds is 13. The molecule has 0 bridgehead atoms. The van der Waals surface area contributed by atoms with Gasteiger partial charge in [-0.15, -0.1) is 11.6 Å². The van der Waals surface area contributed by atoms with Crippen LogP contribution in [0, 0.1) is 11.8 Å². The molecule has 0 spiro atoms. The van der Waals surface area contributed by atoms with Gasteiger partial charge in [-0.2, -0.15) is 0 Å². The van der Waals surface area contributed by atoms with Crippen LogP contribution in [0.5, 0.6) is 0 Å². The molecule has 0 rings (SSSR count). The second-order valence-corrected chi connectivity index (χ2v) is 6.71. The fourth-order valence-electron chi connectivity index (χ4n) is 2.61. The molecule has 0 fully saturated rings. The molecule has 2 atom stereocenters. The molecule has 6 nitrogen and oxygen atoms in total. The average molecular weight is 415 g/mol. The maximum absolute atomic E-state index is 12.2. The van der Waals surface area contributed by atoms with E-state index in [0.29, 0.717) is 12.3 Å². The Kier molecular flexibility index (Phi) is 14.0. The molecule has 0 saturated heterocycles. The standard InChI is InChI=1S/C21H31ClO6/c1-15(10-11-19(26-3)16(2)9-7-6-8-12-22)13-17(23)14-18(20(24)27-4)21(25)28-5/h6-9,13,16,18-19H,10-12,14H2,1-5H3/b8-6+,9-7+,15-13-/t16-,19-/m0/s1. The molecule has 158 valence electrons. The van der Waals surface area contributed by atoms with Gasteiger partial charge in [0.1, 0.15) is 0 Å². The van der Waals surface area contributed by atoms with Crippen molar-refractivity contribution >= 4 is 29.3 Å². The van der Waals surface area contributed by atoms with Gasteiger partial charge in [0.2, 0.25) is 0 Å². The number of ketones is 1. The molecule has 0 N–H and O–H groups in total.